The van der Waals surface area contributed by atoms with Crippen LogP contribution in [0.4, 0.5) is 11.5 Å². The molecule has 0 aliphatic carbocycles. The second-order valence-electron chi connectivity index (χ2n) is 6.33. The van der Waals surface area contributed by atoms with Crippen molar-refractivity contribution in [1.82, 2.24) is 9.78 Å². The second-order valence-corrected chi connectivity index (χ2v) is 7.75. The molecule has 7 nitrogen and oxygen atoms in total. The number of nitrogens with one attached hydrogen (secondary N) is 1. The lowest BCUT2D eigenvalue weighted by atomic mass is 10.2. The fraction of sp³-hybridized carbons (Fsp3) is 0.100. The van der Waals surface area contributed by atoms with Gasteiger partial charge in [-0.2, -0.15) is 16.9 Å². The van der Waals surface area contributed by atoms with E-state index >= 15 is 0 Å². The number of anilines is 1. The lowest BCUT2D eigenvalue weighted by Crippen LogP contribution is -2.13. The number of non-ortho nitro benzene ring substituents is 1. The minimum atomic E-state index is -0.463. The van der Waals surface area contributed by atoms with Crippen molar-refractivity contribution in [3.63, 3.8) is 0 Å². The molecule has 0 saturated heterocycles. The molecule has 1 aliphatic heterocycles. The molecule has 146 valence electrons. The SMILES string of the molecule is O=C(/C=C\c1ccc([N+](=O)[O-])cc1)Nc1c2c(nn1-c1cccc(Cl)c1)CSC2. The van der Waals surface area contributed by atoms with Crippen molar-refractivity contribution in [1.29, 1.82) is 0 Å². The van der Waals surface area contributed by atoms with E-state index in [1.165, 1.54) is 18.2 Å². The van der Waals surface area contributed by atoms with Gasteiger partial charge in [0.15, 0.2) is 0 Å². The molecule has 4 rings (SSSR count). The van der Waals surface area contributed by atoms with Crippen molar-refractivity contribution >= 4 is 46.9 Å². The van der Waals surface area contributed by atoms with Gasteiger partial charge in [0.05, 0.1) is 16.3 Å². The summed E-state index contributed by atoms with van der Waals surface area (Å²) in [5, 5.41) is 18.9. The van der Waals surface area contributed by atoms with Crippen molar-refractivity contribution in [3.05, 3.63) is 86.6 Å². The third kappa shape index (κ3) is 4.18. The van der Waals surface area contributed by atoms with Gasteiger partial charge in [0, 0.05) is 40.3 Å². The maximum Gasteiger partial charge on any atom is 0.269 e. The third-order valence-corrected chi connectivity index (χ3v) is 5.58. The number of hydrogen-bond donors (Lipinski definition) is 1. The summed E-state index contributed by atoms with van der Waals surface area (Å²) in [7, 11) is 0. The number of carbonyl (C=O) groups is 1. The van der Waals surface area contributed by atoms with E-state index < -0.39 is 4.92 Å². The molecular weight excluding hydrogens is 412 g/mol. The van der Waals surface area contributed by atoms with Crippen LogP contribution in [0.15, 0.2) is 54.6 Å². The summed E-state index contributed by atoms with van der Waals surface area (Å²) in [6, 6.07) is 13.3. The van der Waals surface area contributed by atoms with Crippen molar-refractivity contribution in [3.8, 4) is 5.69 Å². The Bertz CT molecular complexity index is 1130. The molecule has 0 spiro atoms. The number of nitro groups is 1. The number of thioether (sulfide) groups is 1. The minimum absolute atomic E-state index is 0.00471. The van der Waals surface area contributed by atoms with E-state index in [-0.39, 0.29) is 11.6 Å². The molecule has 9 heteroatoms. The van der Waals surface area contributed by atoms with E-state index in [0.29, 0.717) is 16.4 Å². The van der Waals surface area contributed by atoms with Crippen LogP contribution in [-0.4, -0.2) is 20.6 Å². The molecule has 1 aromatic heterocycles. The van der Waals surface area contributed by atoms with Gasteiger partial charge < -0.3 is 5.32 Å². The van der Waals surface area contributed by atoms with Crippen molar-refractivity contribution in [2.45, 2.75) is 11.5 Å². The lowest BCUT2D eigenvalue weighted by Gasteiger charge is -2.10. The van der Waals surface area contributed by atoms with Crippen LogP contribution in [0.5, 0.6) is 0 Å². The zero-order chi connectivity index (χ0) is 20.4. The highest BCUT2D eigenvalue weighted by molar-refractivity contribution is 7.98. The Morgan fingerprint density at radius 1 is 1.24 bits per heavy atom. The summed E-state index contributed by atoms with van der Waals surface area (Å²) < 4.78 is 1.70. The predicted octanol–water partition coefficient (Wildman–Crippen LogP) is 4.83. The first-order chi connectivity index (χ1) is 14.0. The molecular formula is C20H15ClN4O3S. The number of aromatic nitrogens is 2. The van der Waals surface area contributed by atoms with Crippen LogP contribution >= 0.6 is 23.4 Å². The summed E-state index contributed by atoms with van der Waals surface area (Å²) in [6.45, 7) is 0. The summed E-state index contributed by atoms with van der Waals surface area (Å²) in [4.78, 5) is 22.8. The number of nitro benzene ring substituents is 1. The highest BCUT2D eigenvalue weighted by Crippen LogP contribution is 2.36. The number of benzene rings is 2. The third-order valence-electron chi connectivity index (χ3n) is 4.38. The molecule has 1 amide bonds. The predicted molar refractivity (Wildman–Crippen MR) is 114 cm³/mol. The molecule has 2 heterocycles. The van der Waals surface area contributed by atoms with Gasteiger partial charge in [-0.3, -0.25) is 14.9 Å². The topological polar surface area (TPSA) is 90.1 Å². The first-order valence-electron chi connectivity index (χ1n) is 8.69. The van der Waals surface area contributed by atoms with E-state index in [2.05, 4.69) is 10.4 Å². The number of carbonyl (C=O) groups excluding carboxylic acids is 1. The van der Waals surface area contributed by atoms with Gasteiger partial charge in [0.2, 0.25) is 5.91 Å². The summed E-state index contributed by atoms with van der Waals surface area (Å²) in [5.41, 5.74) is 3.42. The molecule has 0 atom stereocenters. The van der Waals surface area contributed by atoms with Crippen molar-refractivity contribution < 1.29 is 9.72 Å². The normalized spacial score (nSPS) is 12.9. The van der Waals surface area contributed by atoms with Crippen LogP contribution < -0.4 is 5.32 Å². The van der Waals surface area contributed by atoms with E-state index in [4.69, 9.17) is 11.6 Å². The van der Waals surface area contributed by atoms with Crippen LogP contribution in [0.25, 0.3) is 11.8 Å². The van der Waals surface area contributed by atoms with Gasteiger partial charge in [-0.1, -0.05) is 17.7 Å². The Kier molecular flexibility index (Phi) is 5.37. The average Bonchev–Trinajstić information content (AvgIpc) is 3.29. The number of nitrogens with zero attached hydrogens (tertiary/aromatic N) is 3. The average molecular weight is 427 g/mol. The van der Waals surface area contributed by atoms with Gasteiger partial charge >= 0.3 is 0 Å². The molecule has 0 radical (unpaired) electrons. The van der Waals surface area contributed by atoms with Gasteiger partial charge in [-0.25, -0.2) is 4.68 Å². The number of fused-ring (bicyclic) bond motifs is 1. The van der Waals surface area contributed by atoms with Crippen molar-refractivity contribution in [2.75, 3.05) is 5.32 Å². The van der Waals surface area contributed by atoms with E-state index in [9.17, 15) is 14.9 Å². The van der Waals surface area contributed by atoms with Gasteiger partial charge in [0.25, 0.3) is 5.69 Å². The summed E-state index contributed by atoms with van der Waals surface area (Å²) in [6.07, 6.45) is 3.00. The Morgan fingerprint density at radius 2 is 2.03 bits per heavy atom. The Labute approximate surface area is 175 Å². The standard InChI is InChI=1S/C20H15ClN4O3S/c21-14-2-1-3-16(10-14)24-20(17-11-29-12-18(17)23-24)22-19(26)9-6-13-4-7-15(8-5-13)25(27)28/h1-10H,11-12H2,(H,22,26)/b9-6-. The van der Waals surface area contributed by atoms with Gasteiger partial charge in [-0.05, 0) is 42.0 Å². The second kappa shape index (κ2) is 8.10. The molecule has 29 heavy (non-hydrogen) atoms. The Morgan fingerprint density at radius 3 is 2.76 bits per heavy atom. The molecule has 0 saturated carbocycles. The largest absolute Gasteiger partial charge is 0.307 e. The zero-order valence-electron chi connectivity index (χ0n) is 15.0. The zero-order valence-corrected chi connectivity index (χ0v) is 16.6. The molecule has 1 N–H and O–H groups in total. The monoisotopic (exact) mass is 426 g/mol. The molecule has 1 aliphatic rings. The first kappa shape index (κ1) is 19.2. The lowest BCUT2D eigenvalue weighted by molar-refractivity contribution is -0.384. The minimum Gasteiger partial charge on any atom is -0.307 e. The highest BCUT2D eigenvalue weighted by Gasteiger charge is 2.24. The van der Waals surface area contributed by atoms with E-state index in [0.717, 1.165) is 28.5 Å². The maximum absolute atomic E-state index is 12.5. The molecule has 0 bridgehead atoms. The summed E-state index contributed by atoms with van der Waals surface area (Å²) >= 11 is 7.86. The van der Waals surface area contributed by atoms with Gasteiger partial charge in [0.1, 0.15) is 5.82 Å². The number of amides is 1. The Hall–Kier alpha value is -3.10. The Balaban J connectivity index is 1.57. The molecule has 2 aromatic carbocycles. The first-order valence-corrected chi connectivity index (χ1v) is 10.2. The highest BCUT2D eigenvalue weighted by atomic mass is 35.5. The number of hydrogen-bond acceptors (Lipinski definition) is 5. The molecule has 0 fully saturated rings. The quantitative estimate of drug-likeness (QED) is 0.358. The van der Waals surface area contributed by atoms with Crippen molar-refractivity contribution in [2.24, 2.45) is 0 Å². The van der Waals surface area contributed by atoms with Crippen LogP contribution in [0, 0.1) is 10.1 Å². The van der Waals surface area contributed by atoms with Crippen LogP contribution in [0.1, 0.15) is 16.8 Å². The fourth-order valence-electron chi connectivity index (χ4n) is 2.97. The van der Waals surface area contributed by atoms with Gasteiger partial charge in [-0.15, -0.1) is 0 Å². The molecule has 0 unspecified atom stereocenters. The van der Waals surface area contributed by atoms with Crippen LogP contribution in [0.2, 0.25) is 5.02 Å². The number of rotatable bonds is 5. The smallest absolute Gasteiger partial charge is 0.269 e. The molecule has 3 aromatic rings. The van der Waals surface area contributed by atoms with Crippen LogP contribution in [0.3, 0.4) is 0 Å². The fourth-order valence-corrected chi connectivity index (χ4v) is 4.19. The van der Waals surface area contributed by atoms with Crippen LogP contribution in [-0.2, 0) is 16.3 Å². The number of halogens is 1. The van der Waals surface area contributed by atoms with E-state index in [1.807, 2.05) is 12.1 Å². The maximum atomic E-state index is 12.5. The van der Waals surface area contributed by atoms with E-state index in [1.54, 1.807) is 46.8 Å². The summed E-state index contributed by atoms with van der Waals surface area (Å²) in [5.74, 6) is 1.89.